The lowest BCUT2D eigenvalue weighted by Crippen LogP contribution is -2.44. The molecule has 1 fully saturated rings. The lowest BCUT2D eigenvalue weighted by Gasteiger charge is -2.34. The number of aromatic nitrogens is 3. The molecular formula is C29H31ClN8O. The third-order valence-electron chi connectivity index (χ3n) is 7.16. The van der Waals surface area contributed by atoms with Crippen molar-refractivity contribution in [3.8, 4) is 11.1 Å². The molecule has 2 aromatic carbocycles. The average molecular weight is 543 g/mol. The van der Waals surface area contributed by atoms with E-state index in [1.807, 2.05) is 19.1 Å². The summed E-state index contributed by atoms with van der Waals surface area (Å²) in [5.41, 5.74) is 4.17. The fourth-order valence-electron chi connectivity index (χ4n) is 4.85. The minimum atomic E-state index is -0.456. The van der Waals surface area contributed by atoms with Crippen molar-refractivity contribution in [1.29, 1.82) is 10.8 Å². The molecule has 0 atom stereocenters. The van der Waals surface area contributed by atoms with Crippen molar-refractivity contribution >= 4 is 52.4 Å². The molecule has 39 heavy (non-hydrogen) atoms. The minimum absolute atomic E-state index is 0.198. The first kappa shape index (κ1) is 26.5. The Hall–Kier alpha value is -4.08. The number of nitrogens with zero attached hydrogens (tertiary/aromatic N) is 5. The van der Waals surface area contributed by atoms with Gasteiger partial charge in [-0.05, 0) is 55.9 Å². The maximum absolute atomic E-state index is 13.5. The molecule has 1 aliphatic rings. The first-order valence-electron chi connectivity index (χ1n) is 12.9. The van der Waals surface area contributed by atoms with E-state index in [0.29, 0.717) is 34.3 Å². The SMILES string of the molecule is CCn1c(=O)c(-c2ccc(C(C=N)C=N)cc2Cl)cc2cnc(Nc3ccc(N4CCN(C)CC4)cc3)nc21. The first-order chi connectivity index (χ1) is 18.9. The van der Waals surface area contributed by atoms with E-state index in [2.05, 4.69) is 44.3 Å². The van der Waals surface area contributed by atoms with Crippen molar-refractivity contribution in [2.45, 2.75) is 19.4 Å². The maximum Gasteiger partial charge on any atom is 0.260 e. The Morgan fingerprint density at radius 2 is 1.74 bits per heavy atom. The topological polar surface area (TPSA) is 114 Å². The second-order valence-corrected chi connectivity index (χ2v) is 10.0. The second-order valence-electron chi connectivity index (χ2n) is 9.64. The van der Waals surface area contributed by atoms with E-state index in [0.717, 1.165) is 42.8 Å². The van der Waals surface area contributed by atoms with Crippen molar-refractivity contribution < 1.29 is 0 Å². The standard InChI is InChI=1S/C29H31ClN8O/c1-3-38-27-20(14-25(28(38)39)24-9-4-19(15-26(24)30)21(16-31)17-32)18-33-29(35-27)34-22-5-7-23(8-6-22)37-12-10-36(2)11-13-37/h4-9,14-18,21,31-32H,3,10-13H2,1-2H3,(H,33,34,35). The molecule has 4 aromatic rings. The summed E-state index contributed by atoms with van der Waals surface area (Å²) in [6.07, 6.45) is 4.08. The van der Waals surface area contributed by atoms with Crippen molar-refractivity contribution in [2.75, 3.05) is 43.4 Å². The van der Waals surface area contributed by atoms with Crippen molar-refractivity contribution in [2.24, 2.45) is 0 Å². The predicted octanol–water partition coefficient (Wildman–Crippen LogP) is 5.01. The van der Waals surface area contributed by atoms with E-state index in [4.69, 9.17) is 22.4 Å². The highest BCUT2D eigenvalue weighted by Gasteiger charge is 2.17. The number of benzene rings is 2. The summed E-state index contributed by atoms with van der Waals surface area (Å²) in [5, 5.41) is 19.4. The monoisotopic (exact) mass is 542 g/mol. The summed E-state index contributed by atoms with van der Waals surface area (Å²) in [6.45, 7) is 6.46. The van der Waals surface area contributed by atoms with Gasteiger partial charge in [-0.25, -0.2) is 4.98 Å². The third-order valence-corrected chi connectivity index (χ3v) is 7.48. The van der Waals surface area contributed by atoms with Crippen LogP contribution in [0.25, 0.3) is 22.2 Å². The summed E-state index contributed by atoms with van der Waals surface area (Å²) in [5.74, 6) is -0.0429. The van der Waals surface area contributed by atoms with E-state index >= 15 is 0 Å². The van der Waals surface area contributed by atoms with Crippen molar-refractivity contribution in [1.82, 2.24) is 19.4 Å². The van der Waals surface area contributed by atoms with Crippen LogP contribution in [-0.4, -0.2) is 65.1 Å². The Bertz CT molecular complexity index is 1570. The number of aryl methyl sites for hydroxylation is 1. The quantitative estimate of drug-likeness (QED) is 0.270. The fourth-order valence-corrected chi connectivity index (χ4v) is 5.14. The molecule has 3 N–H and O–H groups in total. The Labute approximate surface area is 232 Å². The summed E-state index contributed by atoms with van der Waals surface area (Å²) in [4.78, 5) is 27.4. The number of hydrogen-bond acceptors (Lipinski definition) is 8. The van der Waals surface area contributed by atoms with Gasteiger partial charge in [0.05, 0.1) is 5.92 Å². The first-order valence-corrected chi connectivity index (χ1v) is 13.3. The smallest absolute Gasteiger partial charge is 0.260 e. The Kier molecular flexibility index (Phi) is 7.72. The van der Waals surface area contributed by atoms with Gasteiger partial charge in [-0.3, -0.25) is 9.36 Å². The zero-order valence-electron chi connectivity index (χ0n) is 22.0. The number of likely N-dealkylation sites (N-methyl/N-ethyl adjacent to an activating group) is 1. The van der Waals surface area contributed by atoms with Gasteiger partial charge in [-0.15, -0.1) is 0 Å². The zero-order chi connectivity index (χ0) is 27.5. The summed E-state index contributed by atoms with van der Waals surface area (Å²) < 4.78 is 1.62. The van der Waals surface area contributed by atoms with Gasteiger partial charge in [-0.1, -0.05) is 23.7 Å². The number of anilines is 3. The van der Waals surface area contributed by atoms with Crippen LogP contribution >= 0.6 is 11.6 Å². The van der Waals surface area contributed by atoms with Crippen LogP contribution in [0.1, 0.15) is 18.4 Å². The predicted molar refractivity (Wildman–Crippen MR) is 160 cm³/mol. The van der Waals surface area contributed by atoms with Crippen LogP contribution in [0.2, 0.25) is 5.02 Å². The van der Waals surface area contributed by atoms with E-state index in [1.54, 1.807) is 35.0 Å². The Balaban J connectivity index is 1.43. The fraction of sp³-hybridized carbons (Fsp3) is 0.276. The van der Waals surface area contributed by atoms with Crippen LogP contribution < -0.4 is 15.8 Å². The molecule has 0 unspecified atom stereocenters. The maximum atomic E-state index is 13.5. The molecule has 3 heterocycles. The van der Waals surface area contributed by atoms with Gasteiger partial charge in [0, 0.05) is 84.3 Å². The summed E-state index contributed by atoms with van der Waals surface area (Å²) >= 11 is 6.58. The molecule has 0 spiro atoms. The highest BCUT2D eigenvalue weighted by molar-refractivity contribution is 6.33. The molecule has 5 rings (SSSR count). The van der Waals surface area contributed by atoms with Crippen LogP contribution in [0.3, 0.4) is 0 Å². The molecule has 10 heteroatoms. The van der Waals surface area contributed by atoms with Gasteiger partial charge >= 0.3 is 0 Å². The van der Waals surface area contributed by atoms with Crippen LogP contribution in [-0.2, 0) is 6.54 Å². The number of hydrogen-bond donors (Lipinski definition) is 3. The molecule has 9 nitrogen and oxygen atoms in total. The van der Waals surface area contributed by atoms with Gasteiger partial charge in [0.15, 0.2) is 0 Å². The molecule has 1 saturated heterocycles. The average Bonchev–Trinajstić information content (AvgIpc) is 2.95. The van der Waals surface area contributed by atoms with Gasteiger partial charge in [0.25, 0.3) is 5.56 Å². The lowest BCUT2D eigenvalue weighted by molar-refractivity contribution is 0.313. The van der Waals surface area contributed by atoms with Crippen LogP contribution in [0, 0.1) is 10.8 Å². The molecule has 0 aliphatic carbocycles. The molecule has 0 radical (unpaired) electrons. The van der Waals surface area contributed by atoms with Gasteiger partial charge in [-0.2, -0.15) is 4.98 Å². The second kappa shape index (κ2) is 11.3. The minimum Gasteiger partial charge on any atom is -0.369 e. The number of rotatable bonds is 8. The number of piperazine rings is 1. The molecule has 2 aromatic heterocycles. The zero-order valence-corrected chi connectivity index (χ0v) is 22.7. The van der Waals surface area contributed by atoms with Crippen LogP contribution in [0.15, 0.2) is 59.5 Å². The van der Waals surface area contributed by atoms with E-state index in [9.17, 15) is 4.79 Å². The Morgan fingerprint density at radius 1 is 1.03 bits per heavy atom. The largest absolute Gasteiger partial charge is 0.369 e. The summed E-state index contributed by atoms with van der Waals surface area (Å²) in [7, 11) is 2.15. The molecule has 0 saturated carbocycles. The van der Waals surface area contributed by atoms with Gasteiger partial charge in [0.2, 0.25) is 5.95 Å². The van der Waals surface area contributed by atoms with Crippen LogP contribution in [0.5, 0.6) is 0 Å². The van der Waals surface area contributed by atoms with Gasteiger partial charge in [0.1, 0.15) is 5.65 Å². The number of nitrogens with one attached hydrogen (secondary N) is 3. The van der Waals surface area contributed by atoms with Crippen molar-refractivity contribution in [3.63, 3.8) is 0 Å². The Morgan fingerprint density at radius 3 is 2.38 bits per heavy atom. The summed E-state index contributed by atoms with van der Waals surface area (Å²) in [6, 6.07) is 15.3. The number of pyridine rings is 1. The highest BCUT2D eigenvalue weighted by atomic mass is 35.5. The van der Waals surface area contributed by atoms with E-state index < -0.39 is 5.92 Å². The van der Waals surface area contributed by atoms with Crippen molar-refractivity contribution in [3.05, 3.63) is 75.7 Å². The van der Waals surface area contributed by atoms with E-state index in [-0.39, 0.29) is 5.56 Å². The van der Waals surface area contributed by atoms with Gasteiger partial charge < -0.3 is 25.9 Å². The lowest BCUT2D eigenvalue weighted by atomic mass is 9.97. The third kappa shape index (κ3) is 5.41. The van der Waals surface area contributed by atoms with Crippen LogP contribution in [0.4, 0.5) is 17.3 Å². The molecule has 0 amide bonds. The number of fused-ring (bicyclic) bond motifs is 1. The number of halogens is 1. The normalized spacial score (nSPS) is 14.8. The highest BCUT2D eigenvalue weighted by Crippen LogP contribution is 2.30. The molecule has 0 bridgehead atoms. The van der Waals surface area contributed by atoms with E-state index in [1.165, 1.54) is 18.1 Å². The molecular weight excluding hydrogens is 512 g/mol. The molecule has 1 aliphatic heterocycles. The molecule has 200 valence electrons.